The lowest BCUT2D eigenvalue weighted by molar-refractivity contribution is -0.0595. The molecular weight excluding hydrogens is 521 g/mol. The maximum absolute atomic E-state index is 12.7. The average molecular weight is 567 g/mol. The van der Waals surface area contributed by atoms with Crippen molar-refractivity contribution < 1.29 is 9.53 Å². The predicted molar refractivity (Wildman–Crippen MR) is 154 cm³/mol. The molecule has 1 aromatic rings. The zero-order valence-corrected chi connectivity index (χ0v) is 25.7. The number of nitrogens with zero attached hydrogens (tertiary/aromatic N) is 1. The van der Waals surface area contributed by atoms with Gasteiger partial charge in [0.05, 0.1) is 0 Å². The van der Waals surface area contributed by atoms with Crippen molar-refractivity contribution in [1.29, 1.82) is 0 Å². The van der Waals surface area contributed by atoms with E-state index in [-0.39, 0.29) is 22.2 Å². The van der Waals surface area contributed by atoms with Crippen LogP contribution in [0.4, 0.5) is 0 Å². The highest BCUT2D eigenvalue weighted by Gasteiger charge is 2.59. The lowest BCUT2D eigenvalue weighted by atomic mass is 9.47. The first kappa shape index (κ1) is 28.0. The van der Waals surface area contributed by atoms with Crippen LogP contribution < -0.4 is 0 Å². The number of halogens is 2. The smallest absolute Gasteiger partial charge is 0.359 e. The van der Waals surface area contributed by atoms with E-state index in [1.54, 1.807) is 0 Å². The Morgan fingerprint density at radius 2 is 1.89 bits per heavy atom. The van der Waals surface area contributed by atoms with Gasteiger partial charge in [0, 0.05) is 6.42 Å². The van der Waals surface area contributed by atoms with Crippen molar-refractivity contribution in [2.24, 2.45) is 46.3 Å². The Labute approximate surface area is 238 Å². The third-order valence-electron chi connectivity index (χ3n) is 11.3. The van der Waals surface area contributed by atoms with Crippen molar-refractivity contribution >= 4 is 40.7 Å². The number of carbonyl (C=O) groups excluding carboxylic acids is 1. The van der Waals surface area contributed by atoms with Gasteiger partial charge in [0.15, 0.2) is 5.69 Å². The van der Waals surface area contributed by atoms with Crippen LogP contribution in [0, 0.1) is 46.3 Å². The van der Waals surface area contributed by atoms with Gasteiger partial charge in [-0.15, -0.1) is 0 Å². The molecule has 4 aliphatic carbocycles. The minimum absolute atomic E-state index is 0.101. The van der Waals surface area contributed by atoms with Gasteiger partial charge < -0.3 is 4.74 Å². The van der Waals surface area contributed by atoms with Crippen LogP contribution in [0.15, 0.2) is 11.6 Å². The van der Waals surface area contributed by atoms with E-state index in [2.05, 4.69) is 45.1 Å². The van der Waals surface area contributed by atoms with Crippen LogP contribution in [-0.4, -0.2) is 16.4 Å². The van der Waals surface area contributed by atoms with E-state index in [9.17, 15) is 4.79 Å². The Balaban J connectivity index is 1.26. The molecule has 0 spiro atoms. The second-order valence-corrected chi connectivity index (χ2v) is 15.4. The van der Waals surface area contributed by atoms with Crippen molar-refractivity contribution in [3.8, 4) is 0 Å². The predicted octanol–water partition coefficient (Wildman–Crippen LogP) is 10.0. The van der Waals surface area contributed by atoms with E-state index in [4.69, 9.17) is 27.9 Å². The maximum atomic E-state index is 12.7. The molecule has 0 saturated heterocycles. The molecule has 1 heterocycles. The molecule has 0 bridgehead atoms. The molecule has 5 rings (SSSR count). The third kappa shape index (κ3) is 5.06. The number of hydrogen-bond donors (Lipinski definition) is 0. The summed E-state index contributed by atoms with van der Waals surface area (Å²) in [5.74, 6) is 4.57. The van der Waals surface area contributed by atoms with Gasteiger partial charge in [-0.05, 0) is 103 Å². The Morgan fingerprint density at radius 3 is 2.59 bits per heavy atom. The molecule has 0 aliphatic heterocycles. The number of ether oxygens (including phenoxy) is 1. The summed E-state index contributed by atoms with van der Waals surface area (Å²) in [5.41, 5.74) is 2.44. The molecule has 4 aliphatic rings. The summed E-state index contributed by atoms with van der Waals surface area (Å²) in [6, 6.07) is 0. The van der Waals surface area contributed by atoms with Gasteiger partial charge in [0.1, 0.15) is 15.5 Å². The average Bonchev–Trinajstić information content (AvgIpc) is 3.37. The van der Waals surface area contributed by atoms with Gasteiger partial charge >= 0.3 is 5.97 Å². The summed E-state index contributed by atoms with van der Waals surface area (Å²) >= 11 is 13.2. The summed E-state index contributed by atoms with van der Waals surface area (Å²) in [4.78, 5) is 12.7. The number of aromatic nitrogens is 1. The van der Waals surface area contributed by atoms with Crippen molar-refractivity contribution in [3.05, 3.63) is 26.7 Å². The molecule has 0 radical (unpaired) electrons. The first-order chi connectivity index (χ1) is 17.5. The fourth-order valence-corrected chi connectivity index (χ4v) is 10.3. The summed E-state index contributed by atoms with van der Waals surface area (Å²) in [6.07, 6.45) is 16.3. The second kappa shape index (κ2) is 10.8. The Bertz CT molecular complexity index is 1040. The SMILES string of the molecule is CC(C)CCC[C@@H](C)[C@H]1CC[C@@H]2[C@@H]3CC=C4C[C@@H](OC(=O)c5nsc(Cl)c5Cl)CC[C@]4(C)[C@H]3CC[C@@]21C. The molecule has 0 N–H and O–H groups in total. The monoisotopic (exact) mass is 565 g/mol. The topological polar surface area (TPSA) is 39.2 Å². The minimum Gasteiger partial charge on any atom is -0.457 e. The number of fused-ring (bicyclic) bond motifs is 5. The van der Waals surface area contributed by atoms with Crippen molar-refractivity contribution in [2.75, 3.05) is 0 Å². The number of rotatable bonds is 7. The molecule has 1 aromatic heterocycles. The first-order valence-corrected chi connectivity index (χ1v) is 16.3. The number of hydrogen-bond acceptors (Lipinski definition) is 4. The largest absolute Gasteiger partial charge is 0.457 e. The van der Waals surface area contributed by atoms with Gasteiger partial charge in [-0.25, -0.2) is 4.79 Å². The Kier molecular flexibility index (Phi) is 8.14. The van der Waals surface area contributed by atoms with Crippen molar-refractivity contribution in [3.63, 3.8) is 0 Å². The second-order valence-electron chi connectivity index (χ2n) is 13.7. The Morgan fingerprint density at radius 1 is 1.11 bits per heavy atom. The van der Waals surface area contributed by atoms with Gasteiger partial charge in [-0.2, -0.15) is 4.37 Å². The third-order valence-corrected chi connectivity index (χ3v) is 12.9. The maximum Gasteiger partial charge on any atom is 0.359 e. The van der Waals surface area contributed by atoms with Gasteiger partial charge in [-0.3, -0.25) is 0 Å². The molecule has 3 saturated carbocycles. The lowest BCUT2D eigenvalue weighted by Gasteiger charge is -2.58. The fourth-order valence-electron chi connectivity index (χ4n) is 9.35. The molecule has 37 heavy (non-hydrogen) atoms. The highest BCUT2D eigenvalue weighted by molar-refractivity contribution is 7.11. The normalized spacial score (nSPS) is 37.9. The van der Waals surface area contributed by atoms with E-state index in [1.165, 1.54) is 56.9 Å². The summed E-state index contributed by atoms with van der Waals surface area (Å²) in [6.45, 7) is 12.5. The van der Waals surface area contributed by atoms with Crippen LogP contribution >= 0.6 is 34.7 Å². The standard InChI is InChI=1S/C31H45Cl2NO2S/c1-18(2)7-6-8-19(3)23-11-12-24-22-10-9-20-17-21(36-29(35)27-26(32)28(33)37-34-27)13-15-30(20,4)25(22)14-16-31(23,24)5/h9,18-19,21-25H,6-8,10-17H2,1-5H3/t19-,21+,22+,23-,24-,25+,30+,31-/m1/s1. The van der Waals surface area contributed by atoms with Gasteiger partial charge in [0.25, 0.3) is 0 Å². The van der Waals surface area contributed by atoms with Crippen molar-refractivity contribution in [1.82, 2.24) is 4.37 Å². The van der Waals surface area contributed by atoms with Crippen molar-refractivity contribution in [2.45, 2.75) is 111 Å². The van der Waals surface area contributed by atoms with Gasteiger partial charge in [-0.1, -0.05) is 88.7 Å². The van der Waals surface area contributed by atoms with Crippen LogP contribution in [-0.2, 0) is 4.74 Å². The lowest BCUT2D eigenvalue weighted by Crippen LogP contribution is -2.51. The van der Waals surface area contributed by atoms with E-state index in [1.807, 2.05) is 0 Å². The number of esters is 1. The first-order valence-electron chi connectivity index (χ1n) is 14.8. The number of carbonyl (C=O) groups is 1. The Hall–Kier alpha value is -0.580. The molecule has 6 heteroatoms. The molecule has 0 unspecified atom stereocenters. The zero-order valence-electron chi connectivity index (χ0n) is 23.3. The van der Waals surface area contributed by atoms with Gasteiger partial charge in [0.2, 0.25) is 0 Å². The quantitative estimate of drug-likeness (QED) is 0.244. The van der Waals surface area contributed by atoms with Crippen LogP contribution in [0.25, 0.3) is 0 Å². The van der Waals surface area contributed by atoms with E-state index < -0.39 is 5.97 Å². The molecule has 0 aromatic carbocycles. The molecule has 3 fully saturated rings. The summed E-state index contributed by atoms with van der Waals surface area (Å²) in [7, 11) is 0. The number of allylic oxidation sites excluding steroid dienone is 1. The minimum atomic E-state index is -0.441. The van der Waals surface area contributed by atoms with E-state index in [0.717, 1.165) is 66.3 Å². The van der Waals surface area contributed by atoms with Crippen LogP contribution in [0.5, 0.6) is 0 Å². The highest BCUT2D eigenvalue weighted by Crippen LogP contribution is 2.67. The van der Waals surface area contributed by atoms with E-state index >= 15 is 0 Å². The van der Waals surface area contributed by atoms with Crippen LogP contribution in [0.1, 0.15) is 116 Å². The summed E-state index contributed by atoms with van der Waals surface area (Å²) < 4.78 is 10.3. The molecule has 206 valence electrons. The molecule has 3 nitrogen and oxygen atoms in total. The fraction of sp³-hybridized carbons (Fsp3) is 0.806. The zero-order chi connectivity index (χ0) is 26.5. The van der Waals surface area contributed by atoms with E-state index in [0.29, 0.717) is 9.75 Å². The van der Waals surface area contributed by atoms with Crippen LogP contribution in [0.3, 0.4) is 0 Å². The highest BCUT2D eigenvalue weighted by atomic mass is 35.5. The summed E-state index contributed by atoms with van der Waals surface area (Å²) in [5, 5.41) is 0.214. The molecule has 8 atom stereocenters. The molecule has 0 amide bonds. The van der Waals surface area contributed by atoms with Crippen LogP contribution in [0.2, 0.25) is 9.36 Å². The molecular formula is C31H45Cl2NO2S.